The molecular weight excluding hydrogens is 331 g/mol. The minimum Gasteiger partial charge on any atom is -0.349 e. The second kappa shape index (κ2) is 6.35. The van der Waals surface area contributed by atoms with Crippen molar-refractivity contribution >= 4 is 21.3 Å². The first-order valence-corrected chi connectivity index (χ1v) is 8.76. The van der Waals surface area contributed by atoms with Gasteiger partial charge in [0.05, 0.1) is 17.1 Å². The lowest BCUT2D eigenvalue weighted by Crippen LogP contribution is -2.34. The van der Waals surface area contributed by atoms with Gasteiger partial charge in [-0.05, 0) is 36.6 Å². The lowest BCUT2D eigenvalue weighted by atomic mass is 10.0. The zero-order valence-corrected chi connectivity index (χ0v) is 13.2. The van der Waals surface area contributed by atoms with Crippen LogP contribution in [0.4, 0.5) is 13.2 Å². The molecule has 8 heteroatoms. The highest BCUT2D eigenvalue weighted by atomic mass is 32.2. The summed E-state index contributed by atoms with van der Waals surface area (Å²) in [5.41, 5.74) is 0.235. The van der Waals surface area contributed by atoms with Crippen LogP contribution in [0.25, 0.3) is 5.57 Å². The van der Waals surface area contributed by atoms with Crippen molar-refractivity contribution in [1.82, 2.24) is 5.32 Å². The Labute approximate surface area is 132 Å². The molecule has 1 fully saturated rings. The van der Waals surface area contributed by atoms with Crippen LogP contribution in [0, 0.1) is 0 Å². The molecule has 1 aromatic carbocycles. The van der Waals surface area contributed by atoms with Gasteiger partial charge in [-0.2, -0.15) is 13.2 Å². The maximum atomic E-state index is 12.5. The van der Waals surface area contributed by atoms with Crippen LogP contribution >= 0.6 is 0 Å². The largest absolute Gasteiger partial charge is 0.416 e. The molecule has 23 heavy (non-hydrogen) atoms. The Morgan fingerprint density at radius 2 is 1.87 bits per heavy atom. The zero-order chi connectivity index (χ0) is 17.3. The average Bonchev–Trinajstić information content (AvgIpc) is 2.76. The molecule has 1 aliphatic heterocycles. The van der Waals surface area contributed by atoms with Crippen molar-refractivity contribution in [3.8, 4) is 0 Å². The molecule has 126 valence electrons. The maximum absolute atomic E-state index is 12.5. The number of carbonyl (C=O) groups is 1. The van der Waals surface area contributed by atoms with E-state index < -0.39 is 33.5 Å². The summed E-state index contributed by atoms with van der Waals surface area (Å²) in [4.78, 5) is 11.9. The van der Waals surface area contributed by atoms with E-state index >= 15 is 0 Å². The number of amides is 1. The van der Waals surface area contributed by atoms with Gasteiger partial charge in [-0.25, -0.2) is 8.42 Å². The monoisotopic (exact) mass is 347 g/mol. The Morgan fingerprint density at radius 3 is 2.35 bits per heavy atom. The topological polar surface area (TPSA) is 63.2 Å². The molecule has 0 aliphatic carbocycles. The van der Waals surface area contributed by atoms with Crippen molar-refractivity contribution in [2.45, 2.75) is 25.6 Å². The number of alkyl halides is 3. The number of allylic oxidation sites excluding steroid dienone is 1. The molecule has 0 aromatic heterocycles. The van der Waals surface area contributed by atoms with Crippen LogP contribution in [0.2, 0.25) is 0 Å². The molecule has 2 rings (SSSR count). The fraction of sp³-hybridized carbons (Fsp3) is 0.400. The molecule has 0 radical (unpaired) electrons. The molecule has 1 amide bonds. The van der Waals surface area contributed by atoms with Crippen LogP contribution in [-0.4, -0.2) is 31.9 Å². The van der Waals surface area contributed by atoms with Crippen LogP contribution in [0.15, 0.2) is 30.3 Å². The average molecular weight is 347 g/mol. The lowest BCUT2D eigenvalue weighted by molar-refractivity contribution is -0.137. The van der Waals surface area contributed by atoms with Gasteiger partial charge in [-0.15, -0.1) is 0 Å². The zero-order valence-electron chi connectivity index (χ0n) is 12.4. The summed E-state index contributed by atoms with van der Waals surface area (Å²) in [5, 5.41) is 2.60. The van der Waals surface area contributed by atoms with Gasteiger partial charge in [-0.3, -0.25) is 4.79 Å². The van der Waals surface area contributed by atoms with Crippen LogP contribution in [-0.2, 0) is 20.8 Å². The minimum atomic E-state index is -4.40. The molecule has 1 N–H and O–H groups in total. The summed E-state index contributed by atoms with van der Waals surface area (Å²) in [7, 11) is -3.08. The molecule has 1 aliphatic rings. The lowest BCUT2D eigenvalue weighted by Gasteiger charge is -2.10. The number of sulfone groups is 1. The molecule has 0 saturated carbocycles. The molecule has 4 nitrogen and oxygen atoms in total. The fourth-order valence-corrected chi connectivity index (χ4v) is 4.03. The molecule has 0 unspecified atom stereocenters. The smallest absolute Gasteiger partial charge is 0.349 e. The van der Waals surface area contributed by atoms with Crippen molar-refractivity contribution in [3.05, 3.63) is 41.5 Å². The first-order chi connectivity index (χ1) is 10.6. The Balaban J connectivity index is 2.03. The first-order valence-electron chi connectivity index (χ1n) is 6.94. The van der Waals surface area contributed by atoms with E-state index in [2.05, 4.69) is 5.32 Å². The highest BCUT2D eigenvalue weighted by Crippen LogP contribution is 2.30. The number of hydrogen-bond acceptors (Lipinski definition) is 3. The van der Waals surface area contributed by atoms with E-state index in [1.165, 1.54) is 18.2 Å². The van der Waals surface area contributed by atoms with Gasteiger partial charge < -0.3 is 5.32 Å². The van der Waals surface area contributed by atoms with Crippen LogP contribution in [0.3, 0.4) is 0 Å². The van der Waals surface area contributed by atoms with Crippen LogP contribution in [0.1, 0.15) is 24.5 Å². The number of hydrogen-bond donors (Lipinski definition) is 1. The predicted octanol–water partition coefficient (Wildman–Crippen LogP) is 2.41. The minimum absolute atomic E-state index is 0.0551. The fourth-order valence-electron chi connectivity index (χ4n) is 2.35. The first kappa shape index (κ1) is 17.5. The van der Waals surface area contributed by atoms with Crippen molar-refractivity contribution < 1.29 is 26.4 Å². The van der Waals surface area contributed by atoms with E-state index in [1.54, 1.807) is 6.92 Å². The van der Waals surface area contributed by atoms with Crippen LogP contribution in [0.5, 0.6) is 0 Å². The predicted molar refractivity (Wildman–Crippen MR) is 80.3 cm³/mol. The van der Waals surface area contributed by atoms with Gasteiger partial charge >= 0.3 is 6.18 Å². The maximum Gasteiger partial charge on any atom is 0.416 e. The normalized spacial score (nSPS) is 21.2. The second-order valence-corrected chi connectivity index (χ2v) is 7.74. The Kier molecular flexibility index (Phi) is 4.84. The van der Waals surface area contributed by atoms with E-state index in [9.17, 15) is 26.4 Å². The summed E-state index contributed by atoms with van der Waals surface area (Å²) in [5.74, 6) is -0.477. The summed E-state index contributed by atoms with van der Waals surface area (Å²) in [6.07, 6.45) is -2.77. The second-order valence-electron chi connectivity index (χ2n) is 5.51. The molecule has 0 bridgehead atoms. The highest BCUT2D eigenvalue weighted by molar-refractivity contribution is 7.91. The van der Waals surface area contributed by atoms with Gasteiger partial charge in [0.1, 0.15) is 0 Å². The van der Waals surface area contributed by atoms with Gasteiger partial charge in [0.2, 0.25) is 5.91 Å². The molecule has 1 heterocycles. The standard InChI is InChI=1S/C15H16F3NO3S/c1-10(11-2-4-12(5-3-11)15(16,17)18)8-14(20)19-13-6-7-23(21,22)9-13/h2-5,8,13H,6-7,9H2,1H3,(H,19,20)/b10-8-/t13-/m1/s1. The number of rotatable bonds is 3. The van der Waals surface area contributed by atoms with E-state index in [0.29, 0.717) is 17.6 Å². The molecule has 0 spiro atoms. The quantitative estimate of drug-likeness (QED) is 0.854. The van der Waals surface area contributed by atoms with E-state index in [4.69, 9.17) is 0 Å². The third-order valence-electron chi connectivity index (χ3n) is 3.59. The van der Waals surface area contributed by atoms with Gasteiger partial charge in [0.15, 0.2) is 9.84 Å². The Morgan fingerprint density at radius 1 is 1.26 bits per heavy atom. The Hall–Kier alpha value is -1.83. The SMILES string of the molecule is C/C(=C/C(=O)N[C@@H]1CCS(=O)(=O)C1)c1ccc(C(F)(F)F)cc1. The third-order valence-corrected chi connectivity index (χ3v) is 5.36. The van der Waals surface area contributed by atoms with Crippen molar-refractivity contribution in [2.75, 3.05) is 11.5 Å². The van der Waals surface area contributed by atoms with Gasteiger partial charge in [0.25, 0.3) is 0 Å². The van der Waals surface area contributed by atoms with Gasteiger partial charge in [0, 0.05) is 12.1 Å². The van der Waals surface area contributed by atoms with Gasteiger partial charge in [-0.1, -0.05) is 12.1 Å². The summed E-state index contributed by atoms with van der Waals surface area (Å²) >= 11 is 0. The third kappa shape index (κ3) is 4.82. The number of nitrogens with one attached hydrogen (secondary N) is 1. The summed E-state index contributed by atoms with van der Waals surface area (Å²) in [6.45, 7) is 1.60. The van der Waals surface area contributed by atoms with Crippen molar-refractivity contribution in [3.63, 3.8) is 0 Å². The number of benzene rings is 1. The summed E-state index contributed by atoms with van der Waals surface area (Å²) < 4.78 is 60.1. The highest BCUT2D eigenvalue weighted by Gasteiger charge is 2.30. The molecule has 1 aromatic rings. The summed E-state index contributed by atoms with van der Waals surface area (Å²) in [6, 6.07) is 4.08. The molecular formula is C15H16F3NO3S. The molecule has 1 atom stereocenters. The van der Waals surface area contributed by atoms with E-state index in [-0.39, 0.29) is 11.5 Å². The number of carbonyl (C=O) groups excluding carboxylic acids is 1. The molecule has 1 saturated heterocycles. The Bertz CT molecular complexity index is 721. The van der Waals surface area contributed by atoms with E-state index in [0.717, 1.165) is 12.1 Å². The van der Waals surface area contributed by atoms with Crippen LogP contribution < -0.4 is 5.32 Å². The van der Waals surface area contributed by atoms with Crippen molar-refractivity contribution in [2.24, 2.45) is 0 Å². The van der Waals surface area contributed by atoms with E-state index in [1.807, 2.05) is 0 Å². The number of halogens is 3. The van der Waals surface area contributed by atoms with Crippen molar-refractivity contribution in [1.29, 1.82) is 0 Å².